The molecule has 286 valence electrons. The molecule has 2 aromatic heterocycles. The molecule has 0 spiro atoms. The second-order valence-electron chi connectivity index (χ2n) is 15.7. The fourth-order valence-electron chi connectivity index (χ4n) is 9.39. The molecule has 0 aliphatic carbocycles. The molecule has 10 aromatic carbocycles. The number of aromatic nitrogens is 1. The second kappa shape index (κ2) is 14.5. The number of rotatable bonds is 7. The van der Waals surface area contributed by atoms with E-state index in [0.717, 1.165) is 22.7 Å². The first-order valence-electron chi connectivity index (χ1n) is 20.8. The zero-order valence-electron chi connectivity index (χ0n) is 33.2. The van der Waals surface area contributed by atoms with Gasteiger partial charge in [-0.1, -0.05) is 170 Å². The van der Waals surface area contributed by atoms with Crippen LogP contribution in [0.4, 0.5) is 17.1 Å². The number of nitrogens with zero attached hydrogens (tertiary/aromatic N) is 2. The maximum Gasteiger partial charge on any atom is 0.0554 e. The third kappa shape index (κ3) is 5.93. The van der Waals surface area contributed by atoms with Crippen molar-refractivity contribution in [3.8, 4) is 39.1 Å². The molecular formula is C58H38N2S. The number of thiophene rings is 1. The van der Waals surface area contributed by atoms with Gasteiger partial charge in [0.1, 0.15) is 0 Å². The van der Waals surface area contributed by atoms with Crippen LogP contribution in [0.2, 0.25) is 0 Å². The van der Waals surface area contributed by atoms with Crippen LogP contribution in [0.5, 0.6) is 0 Å². The van der Waals surface area contributed by atoms with Gasteiger partial charge in [-0.15, -0.1) is 11.3 Å². The minimum atomic E-state index is 1.10. The van der Waals surface area contributed by atoms with Crippen LogP contribution in [-0.4, -0.2) is 4.57 Å². The first-order chi connectivity index (χ1) is 30.3. The van der Waals surface area contributed by atoms with Crippen molar-refractivity contribution in [2.75, 3.05) is 4.90 Å². The lowest BCUT2D eigenvalue weighted by atomic mass is 9.96. The van der Waals surface area contributed by atoms with Crippen LogP contribution in [0.15, 0.2) is 231 Å². The van der Waals surface area contributed by atoms with Crippen LogP contribution in [0.25, 0.3) is 91.8 Å². The normalized spacial score (nSPS) is 11.6. The number of benzene rings is 10. The van der Waals surface area contributed by atoms with Crippen LogP contribution in [0.3, 0.4) is 0 Å². The van der Waals surface area contributed by atoms with E-state index in [1.807, 2.05) is 11.3 Å². The third-order valence-electron chi connectivity index (χ3n) is 12.2. The summed E-state index contributed by atoms with van der Waals surface area (Å²) in [6.45, 7) is 0. The molecule has 0 atom stereocenters. The summed E-state index contributed by atoms with van der Waals surface area (Å²) in [5, 5.41) is 7.56. The van der Waals surface area contributed by atoms with Gasteiger partial charge in [0.05, 0.1) is 16.7 Å². The summed E-state index contributed by atoms with van der Waals surface area (Å²) in [6.07, 6.45) is 0. The minimum absolute atomic E-state index is 1.10. The van der Waals surface area contributed by atoms with Crippen LogP contribution >= 0.6 is 11.3 Å². The Morgan fingerprint density at radius 2 is 0.934 bits per heavy atom. The van der Waals surface area contributed by atoms with Gasteiger partial charge in [0.25, 0.3) is 0 Å². The van der Waals surface area contributed by atoms with E-state index in [4.69, 9.17) is 0 Å². The van der Waals surface area contributed by atoms with Crippen LogP contribution in [-0.2, 0) is 0 Å². The summed E-state index contributed by atoms with van der Waals surface area (Å²) in [5.41, 5.74) is 14.0. The standard InChI is InChI=1S/C58H38N2S/c1-2-15-39(16-3-1)42-19-12-21-45(37-42)59(46-22-13-20-43(38-46)48-27-14-18-40-17-4-5-23-47(40)48)55-36-35-52-51-26-8-11-30-56(51)61-58(52)57(55)41-31-33-44(34-32-41)60-53-28-9-6-24-49(53)50-25-7-10-29-54(50)60/h1-38H. The zero-order chi connectivity index (χ0) is 40.3. The second-order valence-corrected chi connectivity index (χ2v) is 16.7. The highest BCUT2D eigenvalue weighted by molar-refractivity contribution is 7.26. The number of anilines is 3. The van der Waals surface area contributed by atoms with E-state index in [1.165, 1.54) is 86.1 Å². The molecule has 0 radical (unpaired) electrons. The molecule has 0 bridgehead atoms. The van der Waals surface area contributed by atoms with Gasteiger partial charge in [0, 0.05) is 53.6 Å². The Balaban J connectivity index is 1.10. The summed E-state index contributed by atoms with van der Waals surface area (Å²) < 4.78 is 4.96. The lowest BCUT2D eigenvalue weighted by molar-refractivity contribution is 1.18. The van der Waals surface area contributed by atoms with Crippen molar-refractivity contribution in [3.63, 3.8) is 0 Å². The Bertz CT molecular complexity index is 3540. The van der Waals surface area contributed by atoms with E-state index in [0.29, 0.717) is 0 Å². The Hall–Kier alpha value is -7.72. The van der Waals surface area contributed by atoms with E-state index in [1.54, 1.807) is 0 Å². The molecule has 61 heavy (non-hydrogen) atoms. The summed E-state index contributed by atoms with van der Waals surface area (Å²) >= 11 is 1.88. The van der Waals surface area contributed by atoms with Gasteiger partial charge >= 0.3 is 0 Å². The first kappa shape index (κ1) is 35.2. The van der Waals surface area contributed by atoms with Crippen LogP contribution in [0, 0.1) is 0 Å². The smallest absolute Gasteiger partial charge is 0.0554 e. The summed E-state index contributed by atoms with van der Waals surface area (Å²) in [4.78, 5) is 2.47. The van der Waals surface area contributed by atoms with Crippen molar-refractivity contribution in [1.82, 2.24) is 4.57 Å². The van der Waals surface area contributed by atoms with Crippen molar-refractivity contribution in [2.45, 2.75) is 0 Å². The Morgan fingerprint density at radius 1 is 0.361 bits per heavy atom. The number of hydrogen-bond donors (Lipinski definition) is 0. The van der Waals surface area contributed by atoms with Crippen molar-refractivity contribution >= 4 is 81.1 Å². The molecular weight excluding hydrogens is 757 g/mol. The largest absolute Gasteiger partial charge is 0.310 e. The molecule has 0 unspecified atom stereocenters. The van der Waals surface area contributed by atoms with Gasteiger partial charge in [-0.3, -0.25) is 0 Å². The quantitative estimate of drug-likeness (QED) is 0.156. The highest BCUT2D eigenvalue weighted by Gasteiger charge is 2.23. The lowest BCUT2D eigenvalue weighted by Gasteiger charge is -2.29. The van der Waals surface area contributed by atoms with E-state index in [2.05, 4.69) is 240 Å². The molecule has 0 fully saturated rings. The van der Waals surface area contributed by atoms with Crippen molar-refractivity contribution in [2.24, 2.45) is 0 Å². The molecule has 0 amide bonds. The maximum absolute atomic E-state index is 2.47. The predicted molar refractivity (Wildman–Crippen MR) is 262 cm³/mol. The van der Waals surface area contributed by atoms with E-state index in [-0.39, 0.29) is 0 Å². The number of para-hydroxylation sites is 2. The molecule has 0 saturated carbocycles. The molecule has 12 aromatic rings. The summed E-state index contributed by atoms with van der Waals surface area (Å²) in [6, 6.07) is 84.3. The molecule has 0 N–H and O–H groups in total. The van der Waals surface area contributed by atoms with E-state index >= 15 is 0 Å². The SMILES string of the molecule is c1ccc(-c2cccc(N(c3cccc(-c4cccc5ccccc45)c3)c3ccc4c(sc5ccccc54)c3-c3ccc(-n4c5ccccc5c5ccccc54)cc3)c2)cc1. The maximum atomic E-state index is 2.47. The molecule has 3 heteroatoms. The Morgan fingerprint density at radius 3 is 1.69 bits per heavy atom. The fraction of sp³-hybridized carbons (Fsp3) is 0. The molecule has 2 nitrogen and oxygen atoms in total. The van der Waals surface area contributed by atoms with Gasteiger partial charge in [0.2, 0.25) is 0 Å². The average Bonchev–Trinajstić information content (AvgIpc) is 3.88. The van der Waals surface area contributed by atoms with Crippen LogP contribution in [0.1, 0.15) is 0 Å². The van der Waals surface area contributed by atoms with Crippen LogP contribution < -0.4 is 4.90 Å². The zero-order valence-corrected chi connectivity index (χ0v) is 34.1. The first-order valence-corrected chi connectivity index (χ1v) is 21.7. The number of hydrogen-bond acceptors (Lipinski definition) is 2. The van der Waals surface area contributed by atoms with Gasteiger partial charge in [-0.05, 0) is 99.3 Å². The molecule has 0 saturated heterocycles. The monoisotopic (exact) mass is 794 g/mol. The van der Waals surface area contributed by atoms with E-state index in [9.17, 15) is 0 Å². The summed E-state index contributed by atoms with van der Waals surface area (Å²) in [7, 11) is 0. The summed E-state index contributed by atoms with van der Waals surface area (Å²) in [5.74, 6) is 0. The molecule has 12 rings (SSSR count). The highest BCUT2D eigenvalue weighted by Crippen LogP contribution is 2.49. The molecule has 2 heterocycles. The van der Waals surface area contributed by atoms with Crippen molar-refractivity contribution < 1.29 is 0 Å². The topological polar surface area (TPSA) is 8.17 Å². The Labute approximate surface area is 358 Å². The third-order valence-corrected chi connectivity index (χ3v) is 13.4. The van der Waals surface area contributed by atoms with Gasteiger partial charge < -0.3 is 9.47 Å². The minimum Gasteiger partial charge on any atom is -0.310 e. The average molecular weight is 795 g/mol. The lowest BCUT2D eigenvalue weighted by Crippen LogP contribution is -2.11. The Kier molecular flexibility index (Phi) is 8.39. The van der Waals surface area contributed by atoms with Crippen molar-refractivity contribution in [3.05, 3.63) is 231 Å². The van der Waals surface area contributed by atoms with Gasteiger partial charge in [0.15, 0.2) is 0 Å². The molecule has 0 aliphatic heterocycles. The molecule has 0 aliphatic rings. The van der Waals surface area contributed by atoms with Crippen molar-refractivity contribution in [1.29, 1.82) is 0 Å². The number of fused-ring (bicyclic) bond motifs is 7. The van der Waals surface area contributed by atoms with Gasteiger partial charge in [-0.25, -0.2) is 0 Å². The fourth-order valence-corrected chi connectivity index (χ4v) is 10.7. The van der Waals surface area contributed by atoms with E-state index < -0.39 is 0 Å². The van der Waals surface area contributed by atoms with Gasteiger partial charge in [-0.2, -0.15) is 0 Å². The predicted octanol–water partition coefficient (Wildman–Crippen LogP) is 16.8. The highest BCUT2D eigenvalue weighted by atomic mass is 32.1.